The van der Waals surface area contributed by atoms with Crippen LogP contribution in [0.5, 0.6) is 5.75 Å². The summed E-state index contributed by atoms with van der Waals surface area (Å²) >= 11 is 7.91. The van der Waals surface area contributed by atoms with Gasteiger partial charge in [0, 0.05) is 52.7 Å². The molecule has 3 N–H and O–H groups in total. The molecule has 0 saturated carbocycles. The maximum Gasteiger partial charge on any atom is 0.264 e. The number of carbonyl (C=O) groups is 5. The fourth-order valence-corrected chi connectivity index (χ4v) is 9.26. The summed E-state index contributed by atoms with van der Waals surface area (Å²) in [5, 5.41) is 19.0. The fourth-order valence-electron chi connectivity index (χ4n) is 7.92. The highest BCUT2D eigenvalue weighted by Crippen LogP contribution is 2.40. The van der Waals surface area contributed by atoms with E-state index in [4.69, 9.17) is 26.1 Å². The van der Waals surface area contributed by atoms with Crippen molar-refractivity contribution in [2.24, 2.45) is 4.99 Å². The monoisotopic (exact) mass is 876 g/mol. The smallest absolute Gasteiger partial charge is 0.264 e. The number of piperidine rings is 1. The van der Waals surface area contributed by atoms with Crippen LogP contribution in [-0.2, 0) is 19.1 Å². The molecule has 17 heteroatoms. The lowest BCUT2D eigenvalue weighted by Crippen LogP contribution is -2.54. The van der Waals surface area contributed by atoms with Crippen LogP contribution in [0.2, 0.25) is 5.02 Å². The van der Waals surface area contributed by atoms with Crippen molar-refractivity contribution < 1.29 is 33.4 Å². The number of anilines is 1. The largest absolute Gasteiger partial charge is 0.494 e. The number of benzene rings is 3. The van der Waals surface area contributed by atoms with E-state index in [0.717, 1.165) is 43.7 Å². The van der Waals surface area contributed by atoms with E-state index in [9.17, 15) is 24.0 Å². The van der Waals surface area contributed by atoms with Gasteiger partial charge in [-0.1, -0.05) is 41.9 Å². The maximum absolute atomic E-state index is 13.7. The van der Waals surface area contributed by atoms with Crippen LogP contribution in [0.25, 0.3) is 5.00 Å². The standard InChI is InChI=1S/C45H45ClN8O7S/c1-24-26(3)62-45-38(24)40(29-9-13-30(46)14-10-29)49-34(41-52-51-27(4)53(41)45)23-37(56)48-25(2)28-11-15-31(16-12-28)61-21-6-20-60-22-19-47-33-8-5-7-32-39(33)44(59)54(43(32)58)35-17-18-36(55)50-42(35)57/h5,7-16,25,34-35,47H,6,17-23H2,1-4H3,(H,48,56)(H,50,55,57)/t25-,34-,35?/m0/s1. The lowest BCUT2D eigenvalue weighted by atomic mass is 9.99. The predicted molar refractivity (Wildman–Crippen MR) is 233 cm³/mol. The molecule has 0 aliphatic carbocycles. The summed E-state index contributed by atoms with van der Waals surface area (Å²) in [5.74, 6) is -0.327. The van der Waals surface area contributed by atoms with Crippen LogP contribution in [-0.4, -0.2) is 87.3 Å². The Balaban J connectivity index is 0.800. The number of nitrogens with one attached hydrogen (secondary N) is 3. The van der Waals surface area contributed by atoms with Crippen molar-refractivity contribution in [3.8, 4) is 10.8 Å². The van der Waals surface area contributed by atoms with Gasteiger partial charge >= 0.3 is 0 Å². The Kier molecular flexibility index (Phi) is 12.3. The number of nitrogens with zero attached hydrogens (tertiary/aromatic N) is 5. The van der Waals surface area contributed by atoms with Gasteiger partial charge in [0.2, 0.25) is 17.7 Å². The number of fused-ring (bicyclic) bond motifs is 4. The van der Waals surface area contributed by atoms with Crippen molar-refractivity contribution in [3.05, 3.63) is 122 Å². The number of halogens is 1. The van der Waals surface area contributed by atoms with E-state index >= 15 is 0 Å². The molecule has 0 spiro atoms. The van der Waals surface area contributed by atoms with Crippen LogP contribution in [0.3, 0.4) is 0 Å². The molecule has 3 aliphatic heterocycles. The third kappa shape index (κ3) is 8.49. The molecule has 3 atom stereocenters. The highest BCUT2D eigenvalue weighted by molar-refractivity contribution is 7.15. The second-order valence-corrected chi connectivity index (χ2v) is 17.0. The predicted octanol–water partition coefficient (Wildman–Crippen LogP) is 6.37. The van der Waals surface area contributed by atoms with Crippen molar-refractivity contribution in [2.75, 3.05) is 31.7 Å². The Morgan fingerprint density at radius 3 is 2.48 bits per heavy atom. The van der Waals surface area contributed by atoms with Crippen molar-refractivity contribution in [1.82, 2.24) is 30.3 Å². The van der Waals surface area contributed by atoms with E-state index in [1.165, 1.54) is 4.88 Å². The Morgan fingerprint density at radius 1 is 0.952 bits per heavy atom. The molecule has 2 aromatic heterocycles. The van der Waals surface area contributed by atoms with Crippen molar-refractivity contribution in [1.29, 1.82) is 0 Å². The van der Waals surface area contributed by atoms with Crippen LogP contribution in [0, 0.1) is 20.8 Å². The molecule has 1 unspecified atom stereocenters. The molecule has 3 aromatic carbocycles. The third-order valence-corrected chi connectivity index (χ3v) is 12.7. The SMILES string of the molecule is Cc1sc2c(c1C)C(c1ccc(Cl)cc1)=N[C@@H](CC(=O)N[C@@H](C)c1ccc(OCCCOCCNc3cccc4c3C(=O)N(C3CCC(=O)NC3=O)C4=O)cc1)c1nnc(C)n1-2. The Bertz CT molecular complexity index is 2600. The van der Waals surface area contributed by atoms with E-state index in [1.807, 2.05) is 66.9 Å². The number of carbonyl (C=O) groups excluding carboxylic acids is 5. The Labute approximate surface area is 366 Å². The summed E-state index contributed by atoms with van der Waals surface area (Å²) in [6.45, 7) is 9.61. The molecule has 5 amide bonds. The van der Waals surface area contributed by atoms with Crippen molar-refractivity contribution >= 4 is 63.9 Å². The Morgan fingerprint density at radius 2 is 1.73 bits per heavy atom. The summed E-state index contributed by atoms with van der Waals surface area (Å²) in [5.41, 5.74) is 5.64. The van der Waals surface area contributed by atoms with Gasteiger partial charge in [-0.15, -0.1) is 21.5 Å². The number of hydrogen-bond acceptors (Lipinski definition) is 12. The first-order valence-electron chi connectivity index (χ1n) is 20.4. The van der Waals surface area contributed by atoms with Gasteiger partial charge in [0.1, 0.15) is 28.7 Å². The van der Waals surface area contributed by atoms with Gasteiger partial charge < -0.3 is 20.1 Å². The van der Waals surface area contributed by atoms with Gasteiger partial charge in [0.15, 0.2) is 5.82 Å². The molecular weight excluding hydrogens is 832 g/mol. The highest BCUT2D eigenvalue weighted by atomic mass is 35.5. The number of aromatic nitrogens is 3. The molecule has 0 bridgehead atoms. The first-order valence-corrected chi connectivity index (χ1v) is 21.6. The number of aliphatic imine (C=N–C) groups is 1. The number of imide groups is 2. The first kappa shape index (κ1) is 42.5. The molecule has 0 radical (unpaired) electrons. The van der Waals surface area contributed by atoms with Gasteiger partial charge in [-0.05, 0) is 81.6 Å². The lowest BCUT2D eigenvalue weighted by molar-refractivity contribution is -0.136. The minimum Gasteiger partial charge on any atom is -0.494 e. The molecule has 1 fully saturated rings. The third-order valence-electron chi connectivity index (χ3n) is 11.2. The summed E-state index contributed by atoms with van der Waals surface area (Å²) in [4.78, 5) is 71.4. The molecule has 5 heterocycles. The fraction of sp³-hybridized carbons (Fsp3) is 0.333. The highest BCUT2D eigenvalue weighted by Gasteiger charge is 2.45. The molecule has 1 saturated heterocycles. The normalized spacial score (nSPS) is 17.4. The lowest BCUT2D eigenvalue weighted by Gasteiger charge is -2.27. The minimum atomic E-state index is -1.03. The first-order chi connectivity index (χ1) is 29.9. The molecule has 320 valence electrons. The molecule has 3 aliphatic rings. The zero-order valence-electron chi connectivity index (χ0n) is 34.6. The van der Waals surface area contributed by atoms with E-state index in [-0.39, 0.29) is 42.3 Å². The summed E-state index contributed by atoms with van der Waals surface area (Å²) < 4.78 is 13.7. The second-order valence-electron chi connectivity index (χ2n) is 15.4. The molecular formula is C45H45ClN8O7S. The van der Waals surface area contributed by atoms with Gasteiger partial charge in [-0.25, -0.2) is 0 Å². The molecule has 62 heavy (non-hydrogen) atoms. The zero-order chi connectivity index (χ0) is 43.7. The molecule has 15 nitrogen and oxygen atoms in total. The number of thiophene rings is 1. The van der Waals surface area contributed by atoms with Crippen LogP contribution >= 0.6 is 22.9 Å². The number of rotatable bonds is 15. The van der Waals surface area contributed by atoms with Crippen LogP contribution < -0.4 is 20.7 Å². The average molecular weight is 877 g/mol. The van der Waals surface area contributed by atoms with Gasteiger partial charge in [0.05, 0.1) is 42.5 Å². The van der Waals surface area contributed by atoms with E-state index in [0.29, 0.717) is 55.1 Å². The number of aryl methyl sites for hydroxylation is 2. The van der Waals surface area contributed by atoms with Crippen molar-refractivity contribution in [3.63, 3.8) is 0 Å². The quantitative estimate of drug-likeness (QED) is 0.0789. The average Bonchev–Trinajstić information content (AvgIpc) is 3.83. The van der Waals surface area contributed by atoms with E-state index in [1.54, 1.807) is 29.5 Å². The van der Waals surface area contributed by atoms with E-state index < -0.39 is 35.7 Å². The molecule has 8 rings (SSSR count). The Hall–Kier alpha value is -6.23. The molecule has 5 aromatic rings. The summed E-state index contributed by atoms with van der Waals surface area (Å²) in [6.07, 6.45) is 0.857. The van der Waals surface area contributed by atoms with Gasteiger partial charge in [0.25, 0.3) is 11.8 Å². The number of hydrogen-bond donors (Lipinski definition) is 3. The summed E-state index contributed by atoms with van der Waals surface area (Å²) in [7, 11) is 0. The van der Waals surface area contributed by atoms with Gasteiger partial charge in [-0.3, -0.25) is 43.7 Å². The zero-order valence-corrected chi connectivity index (χ0v) is 36.2. The number of amides is 5. The van der Waals surface area contributed by atoms with Crippen LogP contribution in [0.15, 0.2) is 71.7 Å². The van der Waals surface area contributed by atoms with E-state index in [2.05, 4.69) is 40.0 Å². The number of ether oxygens (including phenoxy) is 2. The summed E-state index contributed by atoms with van der Waals surface area (Å²) in [6, 6.07) is 18.2. The van der Waals surface area contributed by atoms with Crippen LogP contribution in [0.1, 0.15) is 104 Å². The van der Waals surface area contributed by atoms with Gasteiger partial charge in [-0.2, -0.15) is 0 Å². The topological polar surface area (TPSA) is 186 Å². The van der Waals surface area contributed by atoms with Crippen molar-refractivity contribution in [2.45, 2.75) is 71.5 Å². The minimum absolute atomic E-state index is 0.0566. The second kappa shape index (κ2) is 18.0. The van der Waals surface area contributed by atoms with Crippen LogP contribution in [0.4, 0.5) is 5.69 Å². The maximum atomic E-state index is 13.7.